The Morgan fingerprint density at radius 3 is 2.76 bits per heavy atom. The topological polar surface area (TPSA) is 46.3 Å². The van der Waals surface area contributed by atoms with Gasteiger partial charge in [-0.1, -0.05) is 37.6 Å². The highest BCUT2D eigenvalue weighted by Gasteiger charge is 2.39. The molecule has 1 heterocycles. The third-order valence-electron chi connectivity index (χ3n) is 4.37. The van der Waals surface area contributed by atoms with Gasteiger partial charge in [-0.3, -0.25) is 4.79 Å². The minimum atomic E-state index is -0.428. The van der Waals surface area contributed by atoms with E-state index in [1.165, 1.54) is 0 Å². The minimum absolute atomic E-state index is 0.214. The van der Waals surface area contributed by atoms with Crippen LogP contribution >= 0.6 is 11.6 Å². The van der Waals surface area contributed by atoms with Crippen LogP contribution < -0.4 is 5.73 Å². The molecule has 0 aliphatic carbocycles. The molecule has 1 aromatic carbocycles. The van der Waals surface area contributed by atoms with Gasteiger partial charge < -0.3 is 10.6 Å². The molecule has 2 N–H and O–H groups in total. The molecule has 0 saturated carbocycles. The fraction of sp³-hybridized carbons (Fsp3) is 0.588. The van der Waals surface area contributed by atoms with Crippen molar-refractivity contribution in [2.45, 2.75) is 39.7 Å². The van der Waals surface area contributed by atoms with Crippen LogP contribution in [0.1, 0.15) is 32.8 Å². The van der Waals surface area contributed by atoms with E-state index >= 15 is 0 Å². The molecule has 1 amide bonds. The Bertz CT molecular complexity index is 515. The molecule has 4 heteroatoms. The Balaban J connectivity index is 2.10. The Morgan fingerprint density at radius 2 is 2.19 bits per heavy atom. The van der Waals surface area contributed by atoms with Crippen LogP contribution in [-0.4, -0.2) is 29.9 Å². The van der Waals surface area contributed by atoms with Crippen LogP contribution in [-0.2, 0) is 11.2 Å². The van der Waals surface area contributed by atoms with Gasteiger partial charge in [0.25, 0.3) is 0 Å². The molecule has 1 aromatic rings. The van der Waals surface area contributed by atoms with E-state index in [1.54, 1.807) is 0 Å². The van der Waals surface area contributed by atoms with E-state index < -0.39 is 5.41 Å². The van der Waals surface area contributed by atoms with Crippen molar-refractivity contribution in [1.82, 2.24) is 4.90 Å². The number of hydrogen-bond donors (Lipinski definition) is 1. The number of halogens is 1. The fourth-order valence-electron chi connectivity index (χ4n) is 3.22. The van der Waals surface area contributed by atoms with Crippen molar-refractivity contribution in [3.8, 4) is 0 Å². The van der Waals surface area contributed by atoms with Crippen molar-refractivity contribution >= 4 is 17.5 Å². The monoisotopic (exact) mass is 308 g/mol. The Kier molecular flexibility index (Phi) is 4.95. The maximum atomic E-state index is 12.9. The quantitative estimate of drug-likeness (QED) is 0.929. The van der Waals surface area contributed by atoms with Gasteiger partial charge in [-0.25, -0.2) is 0 Å². The summed E-state index contributed by atoms with van der Waals surface area (Å²) < 4.78 is 0. The van der Waals surface area contributed by atoms with Gasteiger partial charge >= 0.3 is 0 Å². The van der Waals surface area contributed by atoms with Crippen LogP contribution in [0.4, 0.5) is 0 Å². The molecule has 3 nitrogen and oxygen atoms in total. The van der Waals surface area contributed by atoms with Crippen LogP contribution in [0.2, 0.25) is 5.02 Å². The van der Waals surface area contributed by atoms with Crippen molar-refractivity contribution in [3.05, 3.63) is 34.9 Å². The highest BCUT2D eigenvalue weighted by atomic mass is 35.5. The molecular formula is C17H25ClN2O. The van der Waals surface area contributed by atoms with Gasteiger partial charge in [0.15, 0.2) is 0 Å². The van der Waals surface area contributed by atoms with E-state index in [0.717, 1.165) is 18.5 Å². The van der Waals surface area contributed by atoms with Gasteiger partial charge in [-0.05, 0) is 49.9 Å². The average Bonchev–Trinajstić information content (AvgIpc) is 2.78. The van der Waals surface area contributed by atoms with Crippen molar-refractivity contribution < 1.29 is 4.79 Å². The van der Waals surface area contributed by atoms with E-state index in [4.69, 9.17) is 17.3 Å². The third kappa shape index (κ3) is 3.78. The Morgan fingerprint density at radius 1 is 1.48 bits per heavy atom. The van der Waals surface area contributed by atoms with Gasteiger partial charge in [0, 0.05) is 23.0 Å². The highest BCUT2D eigenvalue weighted by Crippen LogP contribution is 2.31. The molecule has 0 bridgehead atoms. The Hall–Kier alpha value is -1.06. The zero-order chi connectivity index (χ0) is 15.6. The molecule has 2 atom stereocenters. The van der Waals surface area contributed by atoms with Crippen LogP contribution in [0, 0.1) is 11.3 Å². The molecule has 0 aromatic heterocycles. The van der Waals surface area contributed by atoms with Gasteiger partial charge in [0.2, 0.25) is 5.91 Å². The summed E-state index contributed by atoms with van der Waals surface area (Å²) in [6.07, 6.45) is 1.71. The standard InChI is InChI=1S/C17H25ClN2O/c1-12-7-14(10-19)11-20(12)16(21)17(2,3)9-13-5-4-6-15(18)8-13/h4-6,8,12,14H,7,9-11,19H2,1-3H3. The van der Waals surface area contributed by atoms with Crippen LogP contribution in [0.25, 0.3) is 0 Å². The number of rotatable bonds is 4. The summed E-state index contributed by atoms with van der Waals surface area (Å²) in [6.45, 7) is 7.58. The van der Waals surface area contributed by atoms with E-state index in [9.17, 15) is 4.79 Å². The second-order valence-corrected chi connectivity index (χ2v) is 7.27. The van der Waals surface area contributed by atoms with Gasteiger partial charge in [-0.15, -0.1) is 0 Å². The van der Waals surface area contributed by atoms with Crippen LogP contribution in [0.3, 0.4) is 0 Å². The summed E-state index contributed by atoms with van der Waals surface area (Å²) in [6, 6.07) is 8.03. The normalized spacial score (nSPS) is 22.6. The molecule has 116 valence electrons. The fourth-order valence-corrected chi connectivity index (χ4v) is 3.43. The van der Waals surface area contributed by atoms with Crippen molar-refractivity contribution in [2.75, 3.05) is 13.1 Å². The van der Waals surface area contributed by atoms with Crippen molar-refractivity contribution in [1.29, 1.82) is 0 Å². The van der Waals surface area contributed by atoms with Gasteiger partial charge in [0.1, 0.15) is 0 Å². The molecule has 0 spiro atoms. The summed E-state index contributed by atoms with van der Waals surface area (Å²) in [5.41, 5.74) is 6.43. The first-order valence-electron chi connectivity index (χ1n) is 7.59. The summed E-state index contributed by atoms with van der Waals surface area (Å²) in [5, 5.41) is 0.716. The lowest BCUT2D eigenvalue weighted by molar-refractivity contribution is -0.141. The molecule has 1 saturated heterocycles. The lowest BCUT2D eigenvalue weighted by Gasteiger charge is -2.32. The zero-order valence-electron chi connectivity index (χ0n) is 13.1. The second-order valence-electron chi connectivity index (χ2n) is 6.83. The lowest BCUT2D eigenvalue weighted by Crippen LogP contribution is -2.44. The average molecular weight is 309 g/mol. The SMILES string of the molecule is CC1CC(CN)CN1C(=O)C(C)(C)Cc1cccc(Cl)c1. The second kappa shape index (κ2) is 6.37. The number of carbonyl (C=O) groups is 1. The number of nitrogens with zero attached hydrogens (tertiary/aromatic N) is 1. The van der Waals surface area contributed by atoms with Crippen molar-refractivity contribution in [2.24, 2.45) is 17.1 Å². The molecule has 1 fully saturated rings. The predicted molar refractivity (Wildman–Crippen MR) is 87.3 cm³/mol. The van der Waals surface area contributed by atoms with E-state index in [-0.39, 0.29) is 11.9 Å². The van der Waals surface area contributed by atoms with Crippen LogP contribution in [0.15, 0.2) is 24.3 Å². The van der Waals surface area contributed by atoms with E-state index in [2.05, 4.69) is 6.92 Å². The number of benzene rings is 1. The molecule has 1 aliphatic heterocycles. The summed E-state index contributed by atoms with van der Waals surface area (Å²) >= 11 is 6.03. The molecule has 0 radical (unpaired) electrons. The molecule has 2 unspecified atom stereocenters. The Labute approximate surface area is 132 Å². The van der Waals surface area contributed by atoms with Gasteiger partial charge in [0.05, 0.1) is 0 Å². The maximum Gasteiger partial charge on any atom is 0.228 e. The number of amides is 1. The first-order chi connectivity index (χ1) is 9.83. The molecule has 21 heavy (non-hydrogen) atoms. The molecule has 2 rings (SSSR count). The molecule has 1 aliphatic rings. The van der Waals surface area contributed by atoms with E-state index in [1.807, 2.05) is 43.0 Å². The van der Waals surface area contributed by atoms with Crippen molar-refractivity contribution in [3.63, 3.8) is 0 Å². The predicted octanol–water partition coefficient (Wildman–Crippen LogP) is 3.10. The number of likely N-dealkylation sites (tertiary alicyclic amines) is 1. The summed E-state index contributed by atoms with van der Waals surface area (Å²) in [7, 11) is 0. The number of carbonyl (C=O) groups excluding carboxylic acids is 1. The highest BCUT2D eigenvalue weighted by molar-refractivity contribution is 6.30. The van der Waals surface area contributed by atoms with Gasteiger partial charge in [-0.2, -0.15) is 0 Å². The zero-order valence-corrected chi connectivity index (χ0v) is 13.9. The largest absolute Gasteiger partial charge is 0.339 e. The van der Waals surface area contributed by atoms with E-state index in [0.29, 0.717) is 23.9 Å². The first-order valence-corrected chi connectivity index (χ1v) is 7.97. The summed E-state index contributed by atoms with van der Waals surface area (Å²) in [5.74, 6) is 0.650. The van der Waals surface area contributed by atoms with Crippen LogP contribution in [0.5, 0.6) is 0 Å². The molecular weight excluding hydrogens is 284 g/mol. The number of nitrogens with two attached hydrogens (primary N) is 1. The lowest BCUT2D eigenvalue weighted by atomic mass is 9.84. The third-order valence-corrected chi connectivity index (χ3v) is 4.60. The summed E-state index contributed by atoms with van der Waals surface area (Å²) in [4.78, 5) is 14.9. The maximum absolute atomic E-state index is 12.9. The number of hydrogen-bond acceptors (Lipinski definition) is 2. The first kappa shape index (κ1) is 16.3. The minimum Gasteiger partial charge on any atom is -0.339 e. The smallest absolute Gasteiger partial charge is 0.228 e.